The summed E-state index contributed by atoms with van der Waals surface area (Å²) in [5.74, 6) is -0.0824. The van der Waals surface area contributed by atoms with Crippen molar-refractivity contribution in [3.63, 3.8) is 0 Å². The Kier molecular flexibility index (Phi) is 6.55. The van der Waals surface area contributed by atoms with Gasteiger partial charge >= 0.3 is 0 Å². The predicted molar refractivity (Wildman–Crippen MR) is 95.9 cm³/mol. The van der Waals surface area contributed by atoms with E-state index >= 15 is 0 Å². The Labute approximate surface area is 143 Å². The lowest BCUT2D eigenvalue weighted by Gasteiger charge is -2.21. The number of carbonyl (C=O) groups excluding carboxylic acids is 2. The molecule has 1 N–H and O–H groups in total. The molecule has 2 aromatic rings. The van der Waals surface area contributed by atoms with E-state index in [1.807, 2.05) is 43.3 Å². The highest BCUT2D eigenvalue weighted by molar-refractivity contribution is 5.94. The molecule has 24 heavy (non-hydrogen) atoms. The largest absolute Gasteiger partial charge is 0.350 e. The quantitative estimate of drug-likeness (QED) is 0.851. The third kappa shape index (κ3) is 5.54. The number of hydrogen-bond acceptors (Lipinski definition) is 2. The summed E-state index contributed by atoms with van der Waals surface area (Å²) in [6.45, 7) is 5.13. The molecular weight excluding hydrogens is 300 g/mol. The molecule has 0 saturated heterocycles. The second-order valence-electron chi connectivity index (χ2n) is 5.87. The average Bonchev–Trinajstić information content (AvgIpc) is 2.58. The van der Waals surface area contributed by atoms with Crippen molar-refractivity contribution in [1.29, 1.82) is 0 Å². The highest BCUT2D eigenvalue weighted by Crippen LogP contribution is 2.04. The van der Waals surface area contributed by atoms with Gasteiger partial charge in [-0.2, -0.15) is 0 Å². The van der Waals surface area contributed by atoms with Gasteiger partial charge in [0.1, 0.15) is 0 Å². The van der Waals surface area contributed by atoms with Crippen LogP contribution in [-0.2, 0) is 11.2 Å². The Hall–Kier alpha value is -2.62. The second-order valence-corrected chi connectivity index (χ2v) is 5.87. The Bertz CT molecular complexity index is 683. The zero-order valence-electron chi connectivity index (χ0n) is 14.3. The van der Waals surface area contributed by atoms with Gasteiger partial charge in [0.05, 0.1) is 0 Å². The molecular formula is C20H24N2O2. The van der Waals surface area contributed by atoms with Gasteiger partial charge in [-0.05, 0) is 31.0 Å². The van der Waals surface area contributed by atoms with Crippen LogP contribution < -0.4 is 5.32 Å². The summed E-state index contributed by atoms with van der Waals surface area (Å²) in [5, 5.41) is 2.88. The molecule has 0 radical (unpaired) electrons. The van der Waals surface area contributed by atoms with E-state index in [0.717, 1.165) is 12.0 Å². The van der Waals surface area contributed by atoms with E-state index < -0.39 is 0 Å². The van der Waals surface area contributed by atoms with Gasteiger partial charge in [0.15, 0.2) is 0 Å². The van der Waals surface area contributed by atoms with Crippen LogP contribution in [0.1, 0.15) is 28.4 Å². The number of hydrogen-bond donors (Lipinski definition) is 1. The smallest absolute Gasteiger partial charge is 0.251 e. The molecule has 0 heterocycles. The number of amides is 2. The maximum atomic E-state index is 12.1. The number of benzene rings is 2. The minimum absolute atomic E-state index is 0.0238. The third-order valence-electron chi connectivity index (χ3n) is 3.91. The van der Waals surface area contributed by atoms with Crippen molar-refractivity contribution in [3.05, 3.63) is 71.3 Å². The fourth-order valence-corrected chi connectivity index (χ4v) is 2.53. The van der Waals surface area contributed by atoms with Crippen LogP contribution in [0.5, 0.6) is 0 Å². The SMILES string of the molecule is CC(=O)N(CCNC(=O)c1cccc(C)c1)CCc1ccccc1. The molecule has 2 rings (SSSR count). The molecule has 126 valence electrons. The Balaban J connectivity index is 1.81. The molecule has 4 nitrogen and oxygen atoms in total. The van der Waals surface area contributed by atoms with Gasteiger partial charge in [-0.15, -0.1) is 0 Å². The minimum Gasteiger partial charge on any atom is -0.350 e. The van der Waals surface area contributed by atoms with Crippen molar-refractivity contribution in [1.82, 2.24) is 10.2 Å². The van der Waals surface area contributed by atoms with Crippen LogP contribution in [0.4, 0.5) is 0 Å². The lowest BCUT2D eigenvalue weighted by molar-refractivity contribution is -0.128. The molecule has 0 fully saturated rings. The van der Waals surface area contributed by atoms with E-state index in [9.17, 15) is 9.59 Å². The molecule has 0 aliphatic carbocycles. The van der Waals surface area contributed by atoms with Gasteiger partial charge in [0.2, 0.25) is 5.91 Å². The van der Waals surface area contributed by atoms with E-state index in [1.54, 1.807) is 17.9 Å². The van der Waals surface area contributed by atoms with Crippen molar-refractivity contribution in [2.45, 2.75) is 20.3 Å². The maximum Gasteiger partial charge on any atom is 0.251 e. The molecule has 2 aromatic carbocycles. The van der Waals surface area contributed by atoms with Crippen molar-refractivity contribution < 1.29 is 9.59 Å². The van der Waals surface area contributed by atoms with E-state index in [0.29, 0.717) is 25.2 Å². The van der Waals surface area contributed by atoms with Crippen molar-refractivity contribution in [3.8, 4) is 0 Å². The number of nitrogens with one attached hydrogen (secondary N) is 1. The first kappa shape index (κ1) is 17.7. The molecule has 2 amide bonds. The van der Waals surface area contributed by atoms with Crippen LogP contribution in [0.2, 0.25) is 0 Å². The predicted octanol–water partition coefficient (Wildman–Crippen LogP) is 2.82. The van der Waals surface area contributed by atoms with Crippen LogP contribution in [0, 0.1) is 6.92 Å². The first-order chi connectivity index (χ1) is 11.6. The van der Waals surface area contributed by atoms with Crippen molar-refractivity contribution in [2.75, 3.05) is 19.6 Å². The molecule has 0 aliphatic rings. The number of aryl methyl sites for hydroxylation is 1. The number of nitrogens with zero attached hydrogens (tertiary/aromatic N) is 1. The van der Waals surface area contributed by atoms with E-state index in [2.05, 4.69) is 17.4 Å². The van der Waals surface area contributed by atoms with E-state index in [1.165, 1.54) is 5.56 Å². The fourth-order valence-electron chi connectivity index (χ4n) is 2.53. The molecule has 0 aromatic heterocycles. The summed E-state index contributed by atoms with van der Waals surface area (Å²) in [4.78, 5) is 25.6. The topological polar surface area (TPSA) is 49.4 Å². The molecule has 0 bridgehead atoms. The molecule has 0 atom stereocenters. The Morgan fingerprint density at radius 2 is 1.75 bits per heavy atom. The highest BCUT2D eigenvalue weighted by atomic mass is 16.2. The van der Waals surface area contributed by atoms with Crippen molar-refractivity contribution >= 4 is 11.8 Å². The van der Waals surface area contributed by atoms with Gasteiger partial charge in [-0.1, -0.05) is 48.0 Å². The second kappa shape index (κ2) is 8.87. The van der Waals surface area contributed by atoms with Gasteiger partial charge < -0.3 is 10.2 Å². The van der Waals surface area contributed by atoms with E-state index in [-0.39, 0.29) is 11.8 Å². The summed E-state index contributed by atoms with van der Waals surface area (Å²) in [6, 6.07) is 17.5. The Morgan fingerprint density at radius 1 is 1.00 bits per heavy atom. The normalized spacial score (nSPS) is 10.2. The van der Waals surface area contributed by atoms with Crippen LogP contribution in [0.15, 0.2) is 54.6 Å². The van der Waals surface area contributed by atoms with Crippen LogP contribution in [0.3, 0.4) is 0 Å². The van der Waals surface area contributed by atoms with Crippen LogP contribution in [-0.4, -0.2) is 36.3 Å². The summed E-state index contributed by atoms with van der Waals surface area (Å²) in [6.07, 6.45) is 0.812. The molecule has 4 heteroatoms. The number of rotatable bonds is 7. The minimum atomic E-state index is -0.106. The summed E-state index contributed by atoms with van der Waals surface area (Å²) in [5.41, 5.74) is 2.90. The lowest BCUT2D eigenvalue weighted by Crippen LogP contribution is -2.38. The summed E-state index contributed by atoms with van der Waals surface area (Å²) < 4.78 is 0. The monoisotopic (exact) mass is 324 g/mol. The first-order valence-corrected chi connectivity index (χ1v) is 8.20. The third-order valence-corrected chi connectivity index (χ3v) is 3.91. The molecule has 0 unspecified atom stereocenters. The van der Waals surface area contributed by atoms with Gasteiger partial charge in [-0.25, -0.2) is 0 Å². The van der Waals surface area contributed by atoms with E-state index in [4.69, 9.17) is 0 Å². The number of carbonyl (C=O) groups is 2. The van der Waals surface area contributed by atoms with Crippen LogP contribution >= 0.6 is 0 Å². The first-order valence-electron chi connectivity index (χ1n) is 8.20. The zero-order chi connectivity index (χ0) is 17.4. The molecule has 0 saturated carbocycles. The molecule has 0 aliphatic heterocycles. The molecule has 0 spiro atoms. The standard InChI is InChI=1S/C20H24N2O2/c1-16-7-6-10-19(15-16)20(24)21-12-14-22(17(2)23)13-11-18-8-4-3-5-9-18/h3-10,15H,11-14H2,1-2H3,(H,21,24). The van der Waals surface area contributed by atoms with Crippen molar-refractivity contribution in [2.24, 2.45) is 0 Å². The summed E-state index contributed by atoms with van der Waals surface area (Å²) >= 11 is 0. The highest BCUT2D eigenvalue weighted by Gasteiger charge is 2.10. The van der Waals surface area contributed by atoms with Gasteiger partial charge in [0, 0.05) is 32.1 Å². The zero-order valence-corrected chi connectivity index (χ0v) is 14.3. The fraction of sp³-hybridized carbons (Fsp3) is 0.300. The average molecular weight is 324 g/mol. The van der Waals surface area contributed by atoms with Crippen LogP contribution in [0.25, 0.3) is 0 Å². The summed E-state index contributed by atoms with van der Waals surface area (Å²) in [7, 11) is 0. The maximum absolute atomic E-state index is 12.1. The van der Waals surface area contributed by atoms with Gasteiger partial charge in [-0.3, -0.25) is 9.59 Å². The van der Waals surface area contributed by atoms with Gasteiger partial charge in [0.25, 0.3) is 5.91 Å². The Morgan fingerprint density at radius 3 is 2.42 bits per heavy atom. The lowest BCUT2D eigenvalue weighted by atomic mass is 10.1.